The molecular weight excluding hydrogens is 144 g/mol. The van der Waals surface area contributed by atoms with Crippen LogP contribution in [0.25, 0.3) is 0 Å². The van der Waals surface area contributed by atoms with Crippen LogP contribution in [-0.2, 0) is 0 Å². The number of rotatable bonds is 2. The van der Waals surface area contributed by atoms with Gasteiger partial charge in [0.15, 0.2) is 0 Å². The Morgan fingerprint density at radius 2 is 1.42 bits per heavy atom. The summed E-state index contributed by atoms with van der Waals surface area (Å²) in [5.41, 5.74) is 0.821. The normalized spacial score (nSPS) is 16.2. The first kappa shape index (κ1) is 12.0. The zero-order chi connectivity index (χ0) is 9.99. The predicted octanol–water partition coefficient (Wildman–Crippen LogP) is 4.31. The number of hydrogen-bond donors (Lipinski definition) is 0. The summed E-state index contributed by atoms with van der Waals surface area (Å²) < 4.78 is 0. The van der Waals surface area contributed by atoms with E-state index in [1.54, 1.807) is 0 Å². The van der Waals surface area contributed by atoms with Gasteiger partial charge >= 0.3 is 0 Å². The second-order valence-corrected chi connectivity index (χ2v) is 6.07. The smallest absolute Gasteiger partial charge is 0.0329 e. The number of hydrogen-bond acceptors (Lipinski definition) is 0. The standard InChI is InChI=1S/C12H25/c1-10(12(5,6)7)8-9-11(2,3)4/h9-10H,8H2,1-7H3/t10-/m1/s1. The van der Waals surface area contributed by atoms with Crippen molar-refractivity contribution >= 4 is 0 Å². The van der Waals surface area contributed by atoms with Crippen molar-refractivity contribution in [3.8, 4) is 0 Å². The van der Waals surface area contributed by atoms with Crippen LogP contribution in [0.5, 0.6) is 0 Å². The van der Waals surface area contributed by atoms with Gasteiger partial charge in [-0.1, -0.05) is 48.5 Å². The first-order chi connectivity index (χ1) is 5.13. The minimum absolute atomic E-state index is 0.375. The van der Waals surface area contributed by atoms with E-state index >= 15 is 0 Å². The largest absolute Gasteiger partial charge is 0.0620 e. The van der Waals surface area contributed by atoms with Crippen LogP contribution < -0.4 is 0 Å². The third-order valence-corrected chi connectivity index (χ3v) is 2.56. The van der Waals surface area contributed by atoms with Crippen LogP contribution in [0.3, 0.4) is 0 Å². The van der Waals surface area contributed by atoms with E-state index in [1.165, 1.54) is 6.42 Å². The van der Waals surface area contributed by atoms with Gasteiger partial charge in [0.05, 0.1) is 0 Å². The Morgan fingerprint density at radius 3 is 1.67 bits per heavy atom. The summed E-state index contributed by atoms with van der Waals surface area (Å²) in [4.78, 5) is 0. The van der Waals surface area contributed by atoms with Crippen molar-refractivity contribution in [2.75, 3.05) is 0 Å². The van der Waals surface area contributed by atoms with Gasteiger partial charge in [-0.05, 0) is 29.6 Å². The lowest BCUT2D eigenvalue weighted by Gasteiger charge is -2.29. The van der Waals surface area contributed by atoms with Crippen LogP contribution in [-0.4, -0.2) is 0 Å². The maximum atomic E-state index is 2.43. The molecule has 0 saturated carbocycles. The lowest BCUT2D eigenvalue weighted by molar-refractivity contribution is 0.246. The van der Waals surface area contributed by atoms with Crippen molar-refractivity contribution in [2.24, 2.45) is 16.7 Å². The highest BCUT2D eigenvalue weighted by Crippen LogP contribution is 2.32. The van der Waals surface area contributed by atoms with Crippen LogP contribution in [0.15, 0.2) is 0 Å². The average molecular weight is 169 g/mol. The third-order valence-electron chi connectivity index (χ3n) is 2.56. The van der Waals surface area contributed by atoms with Crippen molar-refractivity contribution in [3.63, 3.8) is 0 Å². The summed E-state index contributed by atoms with van der Waals surface area (Å²) in [6.45, 7) is 16.1. The molecule has 0 saturated heterocycles. The van der Waals surface area contributed by atoms with Gasteiger partial charge in [-0.25, -0.2) is 0 Å². The molecular formula is C12H25. The van der Waals surface area contributed by atoms with E-state index in [-0.39, 0.29) is 0 Å². The summed E-state index contributed by atoms with van der Waals surface area (Å²) in [5.74, 6) is 0.775. The van der Waals surface area contributed by atoms with Gasteiger partial charge in [-0.15, -0.1) is 0 Å². The molecule has 0 rings (SSSR count). The molecule has 0 fully saturated rings. The van der Waals surface area contributed by atoms with Crippen LogP contribution in [0, 0.1) is 23.2 Å². The SMILES string of the molecule is C[C@H](C[CH]C(C)(C)C)C(C)(C)C. The first-order valence-corrected chi connectivity index (χ1v) is 4.97. The molecule has 1 atom stereocenters. The van der Waals surface area contributed by atoms with Gasteiger partial charge < -0.3 is 0 Å². The van der Waals surface area contributed by atoms with Crippen LogP contribution >= 0.6 is 0 Å². The molecule has 0 aliphatic carbocycles. The van der Waals surface area contributed by atoms with Gasteiger partial charge in [0, 0.05) is 0 Å². The molecule has 0 bridgehead atoms. The van der Waals surface area contributed by atoms with Crippen molar-refractivity contribution < 1.29 is 0 Å². The molecule has 0 aromatic carbocycles. The molecule has 0 aliphatic heterocycles. The molecule has 0 N–H and O–H groups in total. The van der Waals surface area contributed by atoms with E-state index in [1.807, 2.05) is 0 Å². The van der Waals surface area contributed by atoms with E-state index in [4.69, 9.17) is 0 Å². The minimum Gasteiger partial charge on any atom is -0.0620 e. The summed E-state index contributed by atoms with van der Waals surface area (Å²) in [5, 5.41) is 0. The lowest BCUT2D eigenvalue weighted by Crippen LogP contribution is -2.19. The predicted molar refractivity (Wildman–Crippen MR) is 57.0 cm³/mol. The highest BCUT2D eigenvalue weighted by Gasteiger charge is 2.21. The molecule has 0 aliphatic rings. The topological polar surface area (TPSA) is 0 Å². The maximum absolute atomic E-state index is 2.43. The Labute approximate surface area is 78.8 Å². The van der Waals surface area contributed by atoms with Gasteiger partial charge in [0.1, 0.15) is 0 Å². The fourth-order valence-electron chi connectivity index (χ4n) is 0.884. The fourth-order valence-corrected chi connectivity index (χ4v) is 0.884. The Balaban J connectivity index is 3.80. The van der Waals surface area contributed by atoms with Crippen molar-refractivity contribution in [3.05, 3.63) is 6.42 Å². The molecule has 12 heavy (non-hydrogen) atoms. The molecule has 0 spiro atoms. The molecule has 0 unspecified atom stereocenters. The molecule has 0 amide bonds. The summed E-state index contributed by atoms with van der Waals surface area (Å²) in [6, 6.07) is 0. The van der Waals surface area contributed by atoms with E-state index in [0.717, 1.165) is 5.92 Å². The molecule has 0 aromatic rings. The fraction of sp³-hybridized carbons (Fsp3) is 0.917. The molecule has 0 aromatic heterocycles. The van der Waals surface area contributed by atoms with Gasteiger partial charge in [-0.2, -0.15) is 0 Å². The Morgan fingerprint density at radius 1 is 1.00 bits per heavy atom. The first-order valence-electron chi connectivity index (χ1n) is 4.97. The summed E-state index contributed by atoms with van der Waals surface area (Å²) >= 11 is 0. The van der Waals surface area contributed by atoms with E-state index < -0.39 is 0 Å². The highest BCUT2D eigenvalue weighted by molar-refractivity contribution is 4.85. The van der Waals surface area contributed by atoms with Crippen LogP contribution in [0.4, 0.5) is 0 Å². The quantitative estimate of drug-likeness (QED) is 0.578. The molecule has 0 nitrogen and oxygen atoms in total. The highest BCUT2D eigenvalue weighted by atomic mass is 14.3. The second kappa shape index (κ2) is 3.81. The van der Waals surface area contributed by atoms with E-state index in [0.29, 0.717) is 10.8 Å². The molecule has 1 radical (unpaired) electrons. The zero-order valence-corrected chi connectivity index (χ0v) is 9.86. The van der Waals surface area contributed by atoms with E-state index in [2.05, 4.69) is 54.9 Å². The molecule has 0 heteroatoms. The Kier molecular flexibility index (Phi) is 3.81. The monoisotopic (exact) mass is 169 g/mol. The van der Waals surface area contributed by atoms with Crippen molar-refractivity contribution in [1.82, 2.24) is 0 Å². The third kappa shape index (κ3) is 5.62. The Hall–Kier alpha value is 0. The van der Waals surface area contributed by atoms with Gasteiger partial charge in [-0.3, -0.25) is 0 Å². The maximum Gasteiger partial charge on any atom is -0.0329 e. The van der Waals surface area contributed by atoms with Crippen molar-refractivity contribution in [1.29, 1.82) is 0 Å². The van der Waals surface area contributed by atoms with Crippen LogP contribution in [0.1, 0.15) is 54.9 Å². The van der Waals surface area contributed by atoms with Crippen LogP contribution in [0.2, 0.25) is 0 Å². The summed E-state index contributed by atoms with van der Waals surface area (Å²) in [7, 11) is 0. The average Bonchev–Trinajstić information content (AvgIpc) is 1.78. The Bertz CT molecular complexity index is 120. The second-order valence-electron chi connectivity index (χ2n) is 6.07. The molecule has 73 valence electrons. The lowest BCUT2D eigenvalue weighted by atomic mass is 9.76. The zero-order valence-electron chi connectivity index (χ0n) is 9.86. The van der Waals surface area contributed by atoms with Gasteiger partial charge in [0.2, 0.25) is 0 Å². The molecule has 0 heterocycles. The van der Waals surface area contributed by atoms with Gasteiger partial charge in [0.25, 0.3) is 0 Å². The summed E-state index contributed by atoms with van der Waals surface area (Å²) in [6.07, 6.45) is 3.66. The minimum atomic E-state index is 0.375. The van der Waals surface area contributed by atoms with E-state index in [9.17, 15) is 0 Å². The van der Waals surface area contributed by atoms with Crippen molar-refractivity contribution in [2.45, 2.75) is 54.9 Å².